The van der Waals surface area contributed by atoms with Crippen LogP contribution in [0.25, 0.3) is 0 Å². The second kappa shape index (κ2) is 7.59. The monoisotopic (exact) mass is 293 g/mol. The van der Waals surface area contributed by atoms with E-state index in [0.29, 0.717) is 5.92 Å². The minimum Gasteiger partial charge on any atom is -0.354 e. The molecule has 0 aromatic carbocycles. The molecule has 3 rings (SSSR count). The van der Waals surface area contributed by atoms with Gasteiger partial charge in [-0.2, -0.15) is 0 Å². The third-order valence-corrected chi connectivity index (χ3v) is 5.54. The van der Waals surface area contributed by atoms with Crippen LogP contribution in [-0.2, 0) is 4.79 Å². The Kier molecular flexibility index (Phi) is 5.53. The number of piperidine rings is 1. The average Bonchev–Trinajstić information content (AvgIpc) is 3.18. The maximum atomic E-state index is 12.1. The van der Waals surface area contributed by atoms with E-state index in [9.17, 15) is 4.79 Å². The van der Waals surface area contributed by atoms with Gasteiger partial charge in [0.1, 0.15) is 0 Å². The summed E-state index contributed by atoms with van der Waals surface area (Å²) in [5.41, 5.74) is 0. The highest BCUT2D eigenvalue weighted by Crippen LogP contribution is 2.27. The minimum absolute atomic E-state index is 0.0724. The Hall–Kier alpha value is -0.610. The van der Waals surface area contributed by atoms with E-state index in [1.165, 1.54) is 58.2 Å². The molecule has 2 aliphatic heterocycles. The molecule has 0 spiro atoms. The van der Waals surface area contributed by atoms with Gasteiger partial charge in [0.05, 0.1) is 6.04 Å². The summed E-state index contributed by atoms with van der Waals surface area (Å²) < 4.78 is 0. The molecule has 1 amide bonds. The van der Waals surface area contributed by atoms with Gasteiger partial charge in [0.15, 0.2) is 0 Å². The lowest BCUT2D eigenvalue weighted by Crippen LogP contribution is -2.46. The van der Waals surface area contributed by atoms with Gasteiger partial charge in [-0.1, -0.05) is 12.8 Å². The van der Waals surface area contributed by atoms with Crippen LogP contribution in [0, 0.1) is 11.8 Å². The highest BCUT2D eigenvalue weighted by Gasteiger charge is 2.26. The van der Waals surface area contributed by atoms with Gasteiger partial charge < -0.3 is 15.5 Å². The quantitative estimate of drug-likeness (QED) is 0.812. The van der Waals surface area contributed by atoms with Gasteiger partial charge in [-0.25, -0.2) is 0 Å². The standard InChI is InChI=1S/C17H31N3O/c21-17(16-8-3-9-18-16)19-11-15-7-4-10-20(13-15)12-14-5-1-2-6-14/h14-16,18H,1-13H2,(H,19,21). The lowest BCUT2D eigenvalue weighted by Gasteiger charge is -2.34. The summed E-state index contributed by atoms with van der Waals surface area (Å²) in [6.45, 7) is 5.63. The maximum Gasteiger partial charge on any atom is 0.237 e. The summed E-state index contributed by atoms with van der Waals surface area (Å²) in [6.07, 6.45) is 10.5. The van der Waals surface area contributed by atoms with Crippen molar-refractivity contribution in [1.82, 2.24) is 15.5 Å². The Balaban J connectivity index is 1.37. The van der Waals surface area contributed by atoms with Crippen LogP contribution in [-0.4, -0.2) is 49.6 Å². The second-order valence-electron chi connectivity index (χ2n) is 7.31. The molecule has 120 valence electrons. The van der Waals surface area contributed by atoms with Crippen molar-refractivity contribution in [3.05, 3.63) is 0 Å². The summed E-state index contributed by atoms with van der Waals surface area (Å²) in [5, 5.41) is 6.46. The fourth-order valence-corrected chi connectivity index (χ4v) is 4.32. The molecule has 1 aliphatic carbocycles. The molecule has 0 radical (unpaired) electrons. The van der Waals surface area contributed by atoms with Gasteiger partial charge in [0.2, 0.25) is 5.91 Å². The lowest BCUT2D eigenvalue weighted by molar-refractivity contribution is -0.123. The summed E-state index contributed by atoms with van der Waals surface area (Å²) in [7, 11) is 0. The van der Waals surface area contributed by atoms with Crippen molar-refractivity contribution in [2.75, 3.05) is 32.7 Å². The highest BCUT2D eigenvalue weighted by atomic mass is 16.2. The van der Waals surface area contributed by atoms with Crippen LogP contribution in [0.2, 0.25) is 0 Å². The number of carbonyl (C=O) groups excluding carboxylic acids is 1. The van der Waals surface area contributed by atoms with Crippen molar-refractivity contribution in [1.29, 1.82) is 0 Å². The zero-order valence-corrected chi connectivity index (χ0v) is 13.3. The van der Waals surface area contributed by atoms with E-state index in [4.69, 9.17) is 0 Å². The van der Waals surface area contributed by atoms with Gasteiger partial charge >= 0.3 is 0 Å². The van der Waals surface area contributed by atoms with Crippen molar-refractivity contribution in [2.24, 2.45) is 11.8 Å². The first kappa shape index (κ1) is 15.3. The van der Waals surface area contributed by atoms with Crippen LogP contribution < -0.4 is 10.6 Å². The molecule has 4 nitrogen and oxygen atoms in total. The number of hydrogen-bond donors (Lipinski definition) is 2. The number of hydrogen-bond acceptors (Lipinski definition) is 3. The van der Waals surface area contributed by atoms with E-state index in [1.807, 2.05) is 0 Å². The molecule has 0 aromatic heterocycles. The largest absolute Gasteiger partial charge is 0.354 e. The third-order valence-electron chi connectivity index (χ3n) is 5.54. The first-order valence-electron chi connectivity index (χ1n) is 9.05. The molecule has 2 heterocycles. The van der Waals surface area contributed by atoms with Gasteiger partial charge in [-0.3, -0.25) is 4.79 Å². The summed E-state index contributed by atoms with van der Waals surface area (Å²) in [6, 6.07) is 0.0724. The summed E-state index contributed by atoms with van der Waals surface area (Å²) in [5.74, 6) is 1.83. The van der Waals surface area contributed by atoms with Gasteiger partial charge in [-0.05, 0) is 63.5 Å². The highest BCUT2D eigenvalue weighted by molar-refractivity contribution is 5.81. The Morgan fingerprint density at radius 3 is 2.62 bits per heavy atom. The second-order valence-corrected chi connectivity index (χ2v) is 7.31. The first-order valence-corrected chi connectivity index (χ1v) is 9.05. The van der Waals surface area contributed by atoms with E-state index in [2.05, 4.69) is 15.5 Å². The number of rotatable bonds is 5. The molecule has 3 aliphatic rings. The van der Waals surface area contributed by atoms with Crippen LogP contribution in [0.4, 0.5) is 0 Å². The molecule has 2 N–H and O–H groups in total. The molecule has 2 saturated heterocycles. The Bertz CT molecular complexity index is 335. The predicted octanol–water partition coefficient (Wildman–Crippen LogP) is 1.76. The van der Waals surface area contributed by atoms with E-state index in [0.717, 1.165) is 31.8 Å². The fourth-order valence-electron chi connectivity index (χ4n) is 4.32. The van der Waals surface area contributed by atoms with Gasteiger partial charge in [0.25, 0.3) is 0 Å². The molecule has 3 fully saturated rings. The maximum absolute atomic E-state index is 12.1. The molecule has 2 atom stereocenters. The number of nitrogens with zero attached hydrogens (tertiary/aromatic N) is 1. The van der Waals surface area contributed by atoms with Crippen molar-refractivity contribution in [3.8, 4) is 0 Å². The molecule has 4 heteroatoms. The van der Waals surface area contributed by atoms with E-state index in [-0.39, 0.29) is 11.9 Å². The Labute approximate surface area is 129 Å². The topological polar surface area (TPSA) is 44.4 Å². The predicted molar refractivity (Wildman–Crippen MR) is 85.2 cm³/mol. The molecular weight excluding hydrogens is 262 g/mol. The minimum atomic E-state index is 0.0724. The first-order chi connectivity index (χ1) is 10.3. The van der Waals surface area contributed by atoms with Crippen LogP contribution in [0.15, 0.2) is 0 Å². The number of nitrogens with one attached hydrogen (secondary N) is 2. The fraction of sp³-hybridized carbons (Fsp3) is 0.941. The van der Waals surface area contributed by atoms with Crippen molar-refractivity contribution < 1.29 is 4.79 Å². The molecule has 1 saturated carbocycles. The van der Waals surface area contributed by atoms with Crippen LogP contribution in [0.3, 0.4) is 0 Å². The lowest BCUT2D eigenvalue weighted by atomic mass is 9.96. The van der Waals surface area contributed by atoms with Crippen LogP contribution in [0.1, 0.15) is 51.4 Å². The normalized spacial score (nSPS) is 31.6. The molecule has 21 heavy (non-hydrogen) atoms. The zero-order chi connectivity index (χ0) is 14.5. The number of carbonyl (C=O) groups is 1. The van der Waals surface area contributed by atoms with E-state index >= 15 is 0 Å². The van der Waals surface area contributed by atoms with Crippen molar-refractivity contribution >= 4 is 5.91 Å². The third kappa shape index (κ3) is 4.43. The van der Waals surface area contributed by atoms with Crippen LogP contribution in [0.5, 0.6) is 0 Å². The average molecular weight is 293 g/mol. The molecule has 0 bridgehead atoms. The van der Waals surface area contributed by atoms with E-state index < -0.39 is 0 Å². The Morgan fingerprint density at radius 1 is 1.05 bits per heavy atom. The zero-order valence-electron chi connectivity index (χ0n) is 13.3. The van der Waals surface area contributed by atoms with Crippen molar-refractivity contribution in [3.63, 3.8) is 0 Å². The SMILES string of the molecule is O=C(NCC1CCCN(CC2CCCC2)C1)C1CCCN1. The van der Waals surface area contributed by atoms with Crippen molar-refractivity contribution in [2.45, 2.75) is 57.4 Å². The molecule has 2 unspecified atom stereocenters. The summed E-state index contributed by atoms with van der Waals surface area (Å²) >= 11 is 0. The summed E-state index contributed by atoms with van der Waals surface area (Å²) in [4.78, 5) is 14.7. The number of likely N-dealkylation sites (tertiary alicyclic amines) is 1. The van der Waals surface area contributed by atoms with E-state index in [1.54, 1.807) is 0 Å². The molecular formula is C17H31N3O. The number of amides is 1. The smallest absolute Gasteiger partial charge is 0.237 e. The Morgan fingerprint density at radius 2 is 1.86 bits per heavy atom. The molecule has 0 aromatic rings. The van der Waals surface area contributed by atoms with Crippen LogP contribution >= 0.6 is 0 Å². The van der Waals surface area contributed by atoms with Gasteiger partial charge in [-0.15, -0.1) is 0 Å². The van der Waals surface area contributed by atoms with Gasteiger partial charge in [0, 0.05) is 19.6 Å².